The van der Waals surface area contributed by atoms with E-state index in [-0.39, 0.29) is 24.9 Å². The zero-order chi connectivity index (χ0) is 22.3. The Morgan fingerprint density at radius 1 is 1.03 bits per heavy atom. The van der Waals surface area contributed by atoms with Crippen LogP contribution in [0.3, 0.4) is 0 Å². The van der Waals surface area contributed by atoms with Crippen LogP contribution in [-0.4, -0.2) is 17.5 Å². The summed E-state index contributed by atoms with van der Waals surface area (Å²) in [5.74, 6) is -1.78. The SMILES string of the molecule is O=C1OCc2cc([C@@H]3C[C@@H](c4ccc(Cl)cc4)[C@@](F)(C(=O)Nc4ccccc4)C3)ccc21. The van der Waals surface area contributed by atoms with Crippen LogP contribution < -0.4 is 5.32 Å². The Morgan fingerprint density at radius 2 is 1.75 bits per heavy atom. The highest BCUT2D eigenvalue weighted by molar-refractivity contribution is 6.30. The minimum atomic E-state index is -2.10. The van der Waals surface area contributed by atoms with Crippen molar-refractivity contribution in [1.82, 2.24) is 0 Å². The highest BCUT2D eigenvalue weighted by atomic mass is 35.5. The summed E-state index contributed by atoms with van der Waals surface area (Å²) in [7, 11) is 0. The number of ether oxygens (including phenoxy) is 1. The van der Waals surface area contributed by atoms with Gasteiger partial charge in [0.05, 0.1) is 5.56 Å². The lowest BCUT2D eigenvalue weighted by Crippen LogP contribution is -2.41. The minimum Gasteiger partial charge on any atom is -0.457 e. The fourth-order valence-electron chi connectivity index (χ4n) is 4.82. The Balaban J connectivity index is 1.49. The first-order valence-corrected chi connectivity index (χ1v) is 10.9. The van der Waals surface area contributed by atoms with Gasteiger partial charge in [0.1, 0.15) is 6.61 Å². The third-order valence-corrected chi connectivity index (χ3v) is 6.73. The zero-order valence-electron chi connectivity index (χ0n) is 17.2. The fraction of sp³-hybridized carbons (Fsp3) is 0.231. The lowest BCUT2D eigenvalue weighted by atomic mass is 9.85. The van der Waals surface area contributed by atoms with Crippen molar-refractivity contribution in [2.45, 2.75) is 37.0 Å². The van der Waals surface area contributed by atoms with Gasteiger partial charge in [-0.05, 0) is 60.2 Å². The molecular formula is C26H21ClFNO3. The molecule has 1 amide bonds. The van der Waals surface area contributed by atoms with Crippen LogP contribution >= 0.6 is 11.6 Å². The van der Waals surface area contributed by atoms with Crippen molar-refractivity contribution in [3.8, 4) is 0 Å². The van der Waals surface area contributed by atoms with E-state index >= 15 is 4.39 Å². The topological polar surface area (TPSA) is 55.4 Å². The molecule has 3 aromatic carbocycles. The number of hydrogen-bond donors (Lipinski definition) is 1. The number of fused-ring (bicyclic) bond motifs is 1. The van der Waals surface area contributed by atoms with Gasteiger partial charge in [-0.3, -0.25) is 4.79 Å². The molecule has 4 nitrogen and oxygen atoms in total. The summed E-state index contributed by atoms with van der Waals surface area (Å²) < 4.78 is 21.7. The average molecular weight is 450 g/mol. The monoisotopic (exact) mass is 449 g/mol. The Kier molecular flexibility index (Phi) is 5.22. The van der Waals surface area contributed by atoms with Crippen LogP contribution in [0.2, 0.25) is 5.02 Å². The van der Waals surface area contributed by atoms with Gasteiger partial charge in [-0.15, -0.1) is 0 Å². The minimum absolute atomic E-state index is 0.0482. The summed E-state index contributed by atoms with van der Waals surface area (Å²) in [5, 5.41) is 3.31. The maximum Gasteiger partial charge on any atom is 0.338 e. The molecule has 1 heterocycles. The summed E-state index contributed by atoms with van der Waals surface area (Å²) in [6, 6.07) is 21.4. The van der Waals surface area contributed by atoms with Crippen LogP contribution in [0.5, 0.6) is 0 Å². The van der Waals surface area contributed by atoms with E-state index in [1.54, 1.807) is 54.6 Å². The quantitative estimate of drug-likeness (QED) is 0.495. The van der Waals surface area contributed by atoms with Crippen molar-refractivity contribution in [2.75, 3.05) is 5.32 Å². The van der Waals surface area contributed by atoms with Crippen molar-refractivity contribution >= 4 is 29.2 Å². The van der Waals surface area contributed by atoms with E-state index in [2.05, 4.69) is 5.32 Å². The van der Waals surface area contributed by atoms with Crippen LogP contribution in [0.4, 0.5) is 10.1 Å². The average Bonchev–Trinajstić information content (AvgIpc) is 3.36. The molecule has 6 heteroatoms. The molecule has 0 saturated heterocycles. The first kappa shape index (κ1) is 20.7. The molecule has 0 aromatic heterocycles. The van der Waals surface area contributed by atoms with E-state index in [1.807, 2.05) is 18.2 Å². The summed E-state index contributed by atoms with van der Waals surface area (Å²) in [4.78, 5) is 25.0. The number of nitrogens with one attached hydrogen (secondary N) is 1. The highest BCUT2D eigenvalue weighted by Gasteiger charge is 2.54. The number of benzene rings is 3. The van der Waals surface area contributed by atoms with Crippen LogP contribution in [-0.2, 0) is 16.1 Å². The van der Waals surface area contributed by atoms with Gasteiger partial charge < -0.3 is 10.1 Å². The van der Waals surface area contributed by atoms with Gasteiger partial charge in [-0.25, -0.2) is 9.18 Å². The molecular weight excluding hydrogens is 429 g/mol. The third-order valence-electron chi connectivity index (χ3n) is 6.48. The lowest BCUT2D eigenvalue weighted by molar-refractivity contribution is -0.128. The Hall–Kier alpha value is -3.18. The van der Waals surface area contributed by atoms with Gasteiger partial charge >= 0.3 is 5.97 Å². The zero-order valence-corrected chi connectivity index (χ0v) is 17.9. The number of halogens is 2. The predicted octanol–water partition coefficient (Wildman–Crippen LogP) is 6.02. The van der Waals surface area contributed by atoms with Crippen molar-refractivity contribution in [3.63, 3.8) is 0 Å². The third kappa shape index (κ3) is 3.67. The molecule has 1 N–H and O–H groups in total. The first-order chi connectivity index (χ1) is 15.4. The van der Waals surface area contributed by atoms with Crippen LogP contribution in [0.25, 0.3) is 0 Å². The second-order valence-corrected chi connectivity index (χ2v) is 8.85. The van der Waals surface area contributed by atoms with Crippen molar-refractivity contribution in [1.29, 1.82) is 0 Å². The number of amides is 1. The molecule has 1 aliphatic heterocycles. The van der Waals surface area contributed by atoms with E-state index in [9.17, 15) is 9.59 Å². The van der Waals surface area contributed by atoms with Crippen LogP contribution in [0, 0.1) is 0 Å². The molecule has 0 unspecified atom stereocenters. The molecule has 3 aromatic rings. The van der Waals surface area contributed by atoms with Gasteiger partial charge in [0.2, 0.25) is 0 Å². The molecule has 1 fully saturated rings. The van der Waals surface area contributed by atoms with Crippen molar-refractivity contribution in [2.24, 2.45) is 0 Å². The van der Waals surface area contributed by atoms with Gasteiger partial charge in [0.15, 0.2) is 5.67 Å². The van der Waals surface area contributed by atoms with Crippen LogP contribution in [0.15, 0.2) is 72.8 Å². The standard InChI is InChI=1S/C26H21ClFNO3/c27-20-9-6-16(7-10-20)23-13-18(17-8-11-22-19(12-17)15-32-24(22)30)14-26(23,28)25(31)29-21-4-2-1-3-5-21/h1-12,18,23H,13-15H2,(H,29,31)/t18-,23+,26-/m1/s1. The lowest BCUT2D eigenvalue weighted by Gasteiger charge is -2.26. The van der Waals surface area contributed by atoms with Gasteiger partial charge in [0, 0.05) is 22.2 Å². The molecule has 162 valence electrons. The smallest absolute Gasteiger partial charge is 0.338 e. The largest absolute Gasteiger partial charge is 0.457 e. The van der Waals surface area contributed by atoms with Gasteiger partial charge in [-0.1, -0.05) is 54.1 Å². The Bertz CT molecular complexity index is 1180. The molecule has 1 aliphatic carbocycles. The molecule has 3 atom stereocenters. The molecule has 32 heavy (non-hydrogen) atoms. The van der Waals surface area contributed by atoms with Crippen LogP contribution in [0.1, 0.15) is 51.7 Å². The van der Waals surface area contributed by atoms with E-state index in [0.29, 0.717) is 22.7 Å². The predicted molar refractivity (Wildman–Crippen MR) is 121 cm³/mol. The number of para-hydroxylation sites is 1. The van der Waals surface area contributed by atoms with Gasteiger partial charge in [-0.2, -0.15) is 0 Å². The number of cyclic esters (lactones) is 1. The van der Waals surface area contributed by atoms with E-state index in [0.717, 1.165) is 16.7 Å². The molecule has 2 aliphatic rings. The van der Waals surface area contributed by atoms with E-state index in [4.69, 9.17) is 16.3 Å². The summed E-state index contributed by atoms with van der Waals surface area (Å²) in [6.07, 6.45) is 0.514. The van der Waals surface area contributed by atoms with Crippen molar-refractivity contribution in [3.05, 3.63) is 100 Å². The number of carbonyl (C=O) groups is 2. The number of esters is 1. The molecule has 0 spiro atoms. The Morgan fingerprint density at radius 3 is 2.50 bits per heavy atom. The highest BCUT2D eigenvalue weighted by Crippen LogP contribution is 2.53. The summed E-state index contributed by atoms with van der Waals surface area (Å²) in [6.45, 7) is 0.227. The number of hydrogen-bond acceptors (Lipinski definition) is 3. The number of rotatable bonds is 4. The second kappa shape index (κ2) is 8.06. The molecule has 1 saturated carbocycles. The number of carbonyl (C=O) groups excluding carboxylic acids is 2. The molecule has 0 radical (unpaired) electrons. The maximum absolute atomic E-state index is 16.6. The molecule has 0 bridgehead atoms. The summed E-state index contributed by atoms with van der Waals surface area (Å²) in [5.41, 5.74) is 1.46. The van der Waals surface area contributed by atoms with E-state index < -0.39 is 17.5 Å². The Labute approximate surface area is 190 Å². The molecule has 5 rings (SSSR count). The fourth-order valence-corrected chi connectivity index (χ4v) is 4.95. The number of alkyl halides is 1. The normalized spacial score (nSPS) is 24.1. The van der Waals surface area contributed by atoms with E-state index in [1.165, 1.54) is 0 Å². The summed E-state index contributed by atoms with van der Waals surface area (Å²) >= 11 is 6.04. The second-order valence-electron chi connectivity index (χ2n) is 8.42. The maximum atomic E-state index is 16.6. The number of anilines is 1. The first-order valence-electron chi connectivity index (χ1n) is 10.5. The van der Waals surface area contributed by atoms with Crippen molar-refractivity contribution < 1.29 is 18.7 Å². The van der Waals surface area contributed by atoms with Gasteiger partial charge in [0.25, 0.3) is 5.91 Å².